The molecule has 0 N–H and O–H groups in total. The zero-order chi connectivity index (χ0) is 8.81. The summed E-state index contributed by atoms with van der Waals surface area (Å²) in [7, 11) is 0.828. The second kappa shape index (κ2) is 5.80. The van der Waals surface area contributed by atoms with E-state index in [1.54, 1.807) is 0 Å². The molecule has 1 aromatic rings. The Balaban J connectivity index is 2.25. The maximum atomic E-state index is 5.61. The maximum absolute atomic E-state index is 5.61. The van der Waals surface area contributed by atoms with Crippen LogP contribution in [0.2, 0.25) is 0 Å². The number of hydrogen-bond acceptors (Lipinski definition) is 0. The Morgan fingerprint density at radius 2 is 1.83 bits per heavy atom. The largest absolute Gasteiger partial charge is 0.108 e. The van der Waals surface area contributed by atoms with Gasteiger partial charge in [0.2, 0.25) is 0 Å². The Morgan fingerprint density at radius 1 is 1.17 bits per heavy atom. The van der Waals surface area contributed by atoms with Gasteiger partial charge in [0.1, 0.15) is 4.84 Å². The van der Waals surface area contributed by atoms with Crippen molar-refractivity contribution >= 4 is 37.1 Å². The molecule has 1 aromatic carbocycles. The third-order valence-corrected chi connectivity index (χ3v) is 3.18. The number of hydrogen-bond donors (Lipinski definition) is 0. The van der Waals surface area contributed by atoms with Gasteiger partial charge in [-0.3, -0.25) is 0 Å². The second-order valence-electron chi connectivity index (χ2n) is 2.47. The average Bonchev–Trinajstić information content (AvgIpc) is 2.05. The van der Waals surface area contributed by atoms with Gasteiger partial charge in [-0.2, -0.15) is 0 Å². The van der Waals surface area contributed by atoms with E-state index in [1.165, 1.54) is 5.30 Å². The first kappa shape index (κ1) is 10.3. The van der Waals surface area contributed by atoms with Crippen molar-refractivity contribution in [2.75, 3.05) is 6.16 Å². The fourth-order valence-corrected chi connectivity index (χ4v) is 2.62. The lowest BCUT2D eigenvalue weighted by molar-refractivity contribution is 1.05. The highest BCUT2D eigenvalue weighted by Crippen LogP contribution is 2.16. The monoisotopic (exact) mass is 220 g/mol. The predicted octanol–water partition coefficient (Wildman–Crippen LogP) is 3.18. The van der Waals surface area contributed by atoms with E-state index in [2.05, 4.69) is 24.3 Å². The van der Waals surface area contributed by atoms with Crippen LogP contribution in [0.15, 0.2) is 30.3 Å². The molecule has 1 rings (SSSR count). The number of benzene rings is 1. The Morgan fingerprint density at radius 3 is 2.42 bits per heavy atom. The first-order valence-corrected chi connectivity index (χ1v) is 5.94. The first-order valence-electron chi connectivity index (χ1n) is 3.86. The Hall–Kier alpha value is 0.230. The van der Waals surface area contributed by atoms with Crippen molar-refractivity contribution in [3.63, 3.8) is 0 Å². The van der Waals surface area contributed by atoms with Gasteiger partial charge >= 0.3 is 0 Å². The minimum absolute atomic E-state index is 0.207. The molecule has 66 valence electrons. The van der Waals surface area contributed by atoms with E-state index in [0.29, 0.717) is 0 Å². The van der Waals surface area contributed by atoms with Crippen molar-refractivity contribution in [1.82, 2.24) is 0 Å². The molecule has 0 aliphatic carbocycles. The molecule has 12 heavy (non-hydrogen) atoms. The van der Waals surface area contributed by atoms with E-state index >= 15 is 0 Å². The summed E-state index contributed by atoms with van der Waals surface area (Å²) in [5.41, 5.74) is 0. The molecule has 0 aliphatic heterocycles. The SMILES string of the molecule is ClC(Cl)CCPc1ccccc1. The normalized spacial score (nSPS) is 11.6. The molecule has 0 saturated carbocycles. The fraction of sp³-hybridized carbons (Fsp3) is 0.333. The minimum atomic E-state index is -0.207. The second-order valence-corrected chi connectivity index (χ2v) is 5.18. The number of rotatable bonds is 4. The van der Waals surface area contributed by atoms with Crippen molar-refractivity contribution in [2.24, 2.45) is 0 Å². The van der Waals surface area contributed by atoms with E-state index in [1.807, 2.05) is 6.07 Å². The molecule has 0 nitrogen and oxygen atoms in total. The van der Waals surface area contributed by atoms with Crippen molar-refractivity contribution in [3.05, 3.63) is 30.3 Å². The molecule has 0 amide bonds. The van der Waals surface area contributed by atoms with Crippen LogP contribution in [0.4, 0.5) is 0 Å². The van der Waals surface area contributed by atoms with Gasteiger partial charge in [-0.05, 0) is 17.9 Å². The molecule has 3 heteroatoms. The van der Waals surface area contributed by atoms with Gasteiger partial charge < -0.3 is 0 Å². The number of halogens is 2. The lowest BCUT2D eigenvalue weighted by Gasteiger charge is -2.01. The molecule has 0 spiro atoms. The van der Waals surface area contributed by atoms with Crippen LogP contribution in [0.25, 0.3) is 0 Å². The molecule has 0 heterocycles. The zero-order valence-electron chi connectivity index (χ0n) is 6.63. The average molecular weight is 221 g/mol. The molecular weight excluding hydrogens is 210 g/mol. The van der Waals surface area contributed by atoms with E-state index < -0.39 is 0 Å². The standard InChI is InChI=1S/C9H11Cl2P/c10-9(11)6-7-12-8-4-2-1-3-5-8/h1-5,9,12H,6-7H2. The zero-order valence-corrected chi connectivity index (χ0v) is 9.15. The van der Waals surface area contributed by atoms with Gasteiger partial charge in [-0.1, -0.05) is 38.9 Å². The summed E-state index contributed by atoms with van der Waals surface area (Å²) in [5, 5.41) is 1.38. The summed E-state index contributed by atoms with van der Waals surface area (Å²) in [6, 6.07) is 10.4. The van der Waals surface area contributed by atoms with Crippen molar-refractivity contribution < 1.29 is 0 Å². The highest BCUT2D eigenvalue weighted by atomic mass is 35.5. The Kier molecular flexibility index (Phi) is 4.99. The maximum Gasteiger partial charge on any atom is 0.108 e. The molecular formula is C9H11Cl2P. The molecule has 0 aromatic heterocycles. The van der Waals surface area contributed by atoms with E-state index in [0.717, 1.165) is 21.2 Å². The molecule has 0 radical (unpaired) electrons. The highest BCUT2D eigenvalue weighted by molar-refractivity contribution is 7.47. The van der Waals surface area contributed by atoms with Crippen LogP contribution in [0.3, 0.4) is 0 Å². The lowest BCUT2D eigenvalue weighted by atomic mass is 10.4. The van der Waals surface area contributed by atoms with Crippen molar-refractivity contribution in [1.29, 1.82) is 0 Å². The van der Waals surface area contributed by atoms with Gasteiger partial charge in [0.05, 0.1) is 0 Å². The smallest absolute Gasteiger partial charge is 0.105 e. The molecule has 0 saturated heterocycles. The predicted molar refractivity (Wildman–Crippen MR) is 59.4 cm³/mol. The van der Waals surface area contributed by atoms with E-state index in [9.17, 15) is 0 Å². The Bertz CT molecular complexity index is 211. The van der Waals surface area contributed by atoms with Gasteiger partial charge in [-0.15, -0.1) is 23.2 Å². The topological polar surface area (TPSA) is 0 Å². The van der Waals surface area contributed by atoms with E-state index in [4.69, 9.17) is 23.2 Å². The van der Waals surface area contributed by atoms with Crippen molar-refractivity contribution in [3.8, 4) is 0 Å². The minimum Gasteiger partial charge on any atom is -0.105 e. The summed E-state index contributed by atoms with van der Waals surface area (Å²) < 4.78 is 0. The summed E-state index contributed by atoms with van der Waals surface area (Å²) in [5.74, 6) is 0. The molecule has 0 fully saturated rings. The third kappa shape index (κ3) is 4.30. The molecule has 0 bridgehead atoms. The van der Waals surface area contributed by atoms with Crippen LogP contribution in [0.1, 0.15) is 6.42 Å². The third-order valence-electron chi connectivity index (χ3n) is 1.47. The van der Waals surface area contributed by atoms with Gasteiger partial charge in [0, 0.05) is 0 Å². The summed E-state index contributed by atoms with van der Waals surface area (Å²) in [4.78, 5) is -0.207. The van der Waals surface area contributed by atoms with Crippen LogP contribution in [-0.2, 0) is 0 Å². The van der Waals surface area contributed by atoms with Gasteiger partial charge in [-0.25, -0.2) is 0 Å². The molecule has 1 unspecified atom stereocenters. The Labute approximate surface area is 85.0 Å². The van der Waals surface area contributed by atoms with Crippen LogP contribution in [-0.4, -0.2) is 11.0 Å². The summed E-state index contributed by atoms with van der Waals surface area (Å²) in [6.45, 7) is 0. The molecule has 1 atom stereocenters. The van der Waals surface area contributed by atoms with Crippen LogP contribution in [0, 0.1) is 0 Å². The quantitative estimate of drug-likeness (QED) is 0.541. The van der Waals surface area contributed by atoms with E-state index in [-0.39, 0.29) is 4.84 Å². The van der Waals surface area contributed by atoms with Crippen LogP contribution in [0.5, 0.6) is 0 Å². The van der Waals surface area contributed by atoms with Crippen LogP contribution < -0.4 is 5.30 Å². The summed E-state index contributed by atoms with van der Waals surface area (Å²) in [6.07, 6.45) is 1.97. The highest BCUT2D eigenvalue weighted by Gasteiger charge is 1.98. The number of alkyl halides is 2. The lowest BCUT2D eigenvalue weighted by Crippen LogP contribution is -1.96. The van der Waals surface area contributed by atoms with Gasteiger partial charge in [0.15, 0.2) is 0 Å². The first-order chi connectivity index (χ1) is 5.79. The fourth-order valence-electron chi connectivity index (χ4n) is 0.882. The summed E-state index contributed by atoms with van der Waals surface area (Å²) >= 11 is 11.2. The van der Waals surface area contributed by atoms with Crippen LogP contribution >= 0.6 is 31.8 Å². The van der Waals surface area contributed by atoms with Crippen molar-refractivity contribution in [2.45, 2.75) is 11.3 Å². The molecule has 0 aliphatic rings. The van der Waals surface area contributed by atoms with Gasteiger partial charge in [0.25, 0.3) is 0 Å².